The lowest BCUT2D eigenvalue weighted by Gasteiger charge is -2.15. The minimum absolute atomic E-state index is 0.265. The van der Waals surface area contributed by atoms with Crippen LogP contribution in [0.4, 0.5) is 0 Å². The first-order valence-electron chi connectivity index (χ1n) is 8.83. The summed E-state index contributed by atoms with van der Waals surface area (Å²) in [6, 6.07) is 11.7. The lowest BCUT2D eigenvalue weighted by Crippen LogP contribution is -2.34. The highest BCUT2D eigenvalue weighted by Crippen LogP contribution is 2.74. The highest BCUT2D eigenvalue weighted by Gasteiger charge is 2.88. The van der Waals surface area contributed by atoms with Crippen LogP contribution in [0.15, 0.2) is 36.4 Å². The van der Waals surface area contributed by atoms with Gasteiger partial charge in [0.05, 0.1) is 13.2 Å². The average Bonchev–Trinajstić information content (AvgIpc) is 3.52. The van der Waals surface area contributed by atoms with Gasteiger partial charge in [0.1, 0.15) is 0 Å². The first-order chi connectivity index (χ1) is 12.6. The van der Waals surface area contributed by atoms with Crippen LogP contribution >= 0.6 is 0 Å². The Kier molecular flexibility index (Phi) is 3.07. The van der Waals surface area contributed by atoms with Crippen molar-refractivity contribution in [2.45, 2.75) is 37.3 Å². The van der Waals surface area contributed by atoms with Crippen LogP contribution in [-0.2, 0) is 39.7 Å². The third-order valence-corrected chi connectivity index (χ3v) is 5.49. The Morgan fingerprint density at radius 1 is 0.885 bits per heavy atom. The van der Waals surface area contributed by atoms with Crippen molar-refractivity contribution in [3.63, 3.8) is 0 Å². The Morgan fingerprint density at radius 3 is 1.77 bits per heavy atom. The quantitative estimate of drug-likeness (QED) is 0.619. The maximum atomic E-state index is 12.4. The summed E-state index contributed by atoms with van der Waals surface area (Å²) in [5.41, 5.74) is -0.314. The van der Waals surface area contributed by atoms with Crippen LogP contribution in [0.5, 0.6) is 0 Å². The van der Waals surface area contributed by atoms with E-state index in [-0.39, 0.29) is 13.2 Å². The molecule has 5 rings (SSSR count). The molecular weight excluding hydrogens is 336 g/mol. The lowest BCUT2D eigenvalue weighted by molar-refractivity contribution is -0.145. The molecule has 3 aliphatic rings. The summed E-state index contributed by atoms with van der Waals surface area (Å²) < 4.78 is 22.3. The van der Waals surface area contributed by atoms with E-state index >= 15 is 0 Å². The summed E-state index contributed by atoms with van der Waals surface area (Å²) in [5, 5.41) is 2.00. The molecule has 2 aliphatic heterocycles. The Hall–Kier alpha value is -2.44. The molecule has 0 amide bonds. The SMILES string of the molecule is CCOC(=O)[C@@H]1O[C@]12c1cccc3cccc(c13)[C@]21O[C@H]1C(=O)OCC. The topological polar surface area (TPSA) is 77.7 Å². The van der Waals surface area contributed by atoms with E-state index in [0.29, 0.717) is 0 Å². The maximum absolute atomic E-state index is 12.4. The molecule has 2 saturated heterocycles. The summed E-state index contributed by atoms with van der Waals surface area (Å²) in [7, 11) is 0. The second-order valence-electron chi connectivity index (χ2n) is 6.68. The van der Waals surface area contributed by atoms with Gasteiger partial charge in [-0.25, -0.2) is 9.59 Å². The van der Waals surface area contributed by atoms with E-state index in [4.69, 9.17) is 18.9 Å². The van der Waals surface area contributed by atoms with E-state index in [2.05, 4.69) is 0 Å². The van der Waals surface area contributed by atoms with Gasteiger partial charge in [-0.15, -0.1) is 0 Å². The Labute approximate surface area is 150 Å². The van der Waals surface area contributed by atoms with Crippen molar-refractivity contribution in [3.05, 3.63) is 47.5 Å². The number of epoxide rings is 2. The first-order valence-corrected chi connectivity index (χ1v) is 8.83. The first kappa shape index (κ1) is 15.8. The molecule has 2 heterocycles. The zero-order valence-corrected chi connectivity index (χ0v) is 14.5. The van der Waals surface area contributed by atoms with E-state index in [1.807, 2.05) is 36.4 Å². The van der Waals surface area contributed by atoms with E-state index in [1.165, 1.54) is 0 Å². The molecule has 0 radical (unpaired) electrons. The number of hydrogen-bond acceptors (Lipinski definition) is 6. The number of benzene rings is 2. The number of ether oxygens (including phenoxy) is 4. The zero-order valence-electron chi connectivity index (χ0n) is 14.5. The number of rotatable bonds is 4. The Balaban J connectivity index is 1.68. The molecule has 4 atom stereocenters. The monoisotopic (exact) mass is 354 g/mol. The van der Waals surface area contributed by atoms with Gasteiger partial charge in [-0.1, -0.05) is 36.4 Å². The fraction of sp³-hybridized carbons (Fsp3) is 0.400. The van der Waals surface area contributed by atoms with Gasteiger partial charge in [0.15, 0.2) is 23.4 Å². The molecule has 26 heavy (non-hydrogen) atoms. The molecule has 2 aromatic rings. The van der Waals surface area contributed by atoms with Crippen molar-refractivity contribution in [1.82, 2.24) is 0 Å². The van der Waals surface area contributed by atoms with Crippen LogP contribution in [0.1, 0.15) is 25.0 Å². The lowest BCUT2D eigenvalue weighted by atomic mass is 9.83. The van der Waals surface area contributed by atoms with Gasteiger partial charge in [-0.3, -0.25) is 0 Å². The van der Waals surface area contributed by atoms with Gasteiger partial charge in [0.2, 0.25) is 0 Å². The second kappa shape index (κ2) is 5.05. The number of hydrogen-bond donors (Lipinski definition) is 0. The van der Waals surface area contributed by atoms with Crippen LogP contribution in [0.3, 0.4) is 0 Å². The normalized spacial score (nSPS) is 32.8. The van der Waals surface area contributed by atoms with Gasteiger partial charge in [0.25, 0.3) is 0 Å². The third-order valence-electron chi connectivity index (χ3n) is 5.49. The molecular formula is C20H18O6. The largest absolute Gasteiger partial charge is 0.464 e. The van der Waals surface area contributed by atoms with Gasteiger partial charge in [-0.2, -0.15) is 0 Å². The van der Waals surface area contributed by atoms with Crippen LogP contribution in [0.25, 0.3) is 10.8 Å². The third kappa shape index (κ3) is 1.64. The van der Waals surface area contributed by atoms with Crippen molar-refractivity contribution >= 4 is 22.7 Å². The summed E-state index contributed by atoms with van der Waals surface area (Å²) in [5.74, 6) is -0.871. The van der Waals surface area contributed by atoms with Gasteiger partial charge < -0.3 is 18.9 Å². The fourth-order valence-corrected chi connectivity index (χ4v) is 4.50. The minimum Gasteiger partial charge on any atom is -0.464 e. The Morgan fingerprint density at radius 2 is 1.35 bits per heavy atom. The van der Waals surface area contributed by atoms with Crippen LogP contribution in [0.2, 0.25) is 0 Å². The average molecular weight is 354 g/mol. The number of carbonyl (C=O) groups is 2. The molecule has 0 aromatic heterocycles. The van der Waals surface area contributed by atoms with Crippen molar-refractivity contribution < 1.29 is 28.5 Å². The molecule has 6 nitrogen and oxygen atoms in total. The molecule has 6 heteroatoms. The predicted molar refractivity (Wildman–Crippen MR) is 90.3 cm³/mol. The van der Waals surface area contributed by atoms with E-state index in [0.717, 1.165) is 21.9 Å². The fourth-order valence-electron chi connectivity index (χ4n) is 4.50. The second-order valence-corrected chi connectivity index (χ2v) is 6.68. The number of esters is 2. The zero-order chi connectivity index (χ0) is 18.1. The summed E-state index contributed by atoms with van der Waals surface area (Å²) >= 11 is 0. The van der Waals surface area contributed by atoms with Crippen molar-refractivity contribution in [2.24, 2.45) is 0 Å². The van der Waals surface area contributed by atoms with Gasteiger partial charge in [-0.05, 0) is 35.7 Å². The highest BCUT2D eigenvalue weighted by molar-refractivity contribution is 5.99. The molecule has 134 valence electrons. The predicted octanol–water partition coefficient (Wildman–Crippen LogP) is 2.17. The van der Waals surface area contributed by atoms with Crippen LogP contribution < -0.4 is 0 Å². The van der Waals surface area contributed by atoms with Crippen molar-refractivity contribution in [3.8, 4) is 0 Å². The van der Waals surface area contributed by atoms with Crippen molar-refractivity contribution in [2.75, 3.05) is 13.2 Å². The van der Waals surface area contributed by atoms with Crippen LogP contribution in [0, 0.1) is 0 Å². The number of fused-ring (bicyclic) bond motifs is 3. The maximum Gasteiger partial charge on any atom is 0.338 e. The Bertz CT molecular complexity index is 880. The van der Waals surface area contributed by atoms with E-state index in [9.17, 15) is 9.59 Å². The van der Waals surface area contributed by atoms with Gasteiger partial charge in [0, 0.05) is 0 Å². The van der Waals surface area contributed by atoms with Crippen molar-refractivity contribution in [1.29, 1.82) is 0 Å². The molecule has 1 aliphatic carbocycles. The summed E-state index contributed by atoms with van der Waals surface area (Å²) in [6.45, 7) is 4.03. The van der Waals surface area contributed by atoms with E-state index < -0.39 is 35.3 Å². The number of carbonyl (C=O) groups excluding carboxylic acids is 2. The molecule has 0 saturated carbocycles. The van der Waals surface area contributed by atoms with Crippen LogP contribution in [-0.4, -0.2) is 37.4 Å². The standard InChI is InChI=1S/C20H18O6/c1-3-23-17(21)15-19(25-15)12-9-5-7-11-8-6-10-13(14(11)12)20(19)16(26-20)18(22)24-4-2/h5-10,15-16H,3-4H2,1-2H3/t15-,16-,19+,20+/m0/s1. The molecule has 0 bridgehead atoms. The van der Waals surface area contributed by atoms with E-state index in [1.54, 1.807) is 13.8 Å². The molecule has 2 aromatic carbocycles. The summed E-state index contributed by atoms with van der Waals surface area (Å²) in [4.78, 5) is 24.9. The molecule has 2 spiro atoms. The van der Waals surface area contributed by atoms with Gasteiger partial charge >= 0.3 is 11.9 Å². The molecule has 2 fully saturated rings. The molecule has 0 unspecified atom stereocenters. The molecule has 0 N–H and O–H groups in total. The summed E-state index contributed by atoms with van der Waals surface area (Å²) in [6.07, 6.45) is -1.58. The smallest absolute Gasteiger partial charge is 0.338 e. The minimum atomic E-state index is -1.03. The highest BCUT2D eigenvalue weighted by atomic mass is 16.7.